The van der Waals surface area contributed by atoms with Gasteiger partial charge < -0.3 is 15.8 Å². The van der Waals surface area contributed by atoms with Crippen LogP contribution in [0.2, 0.25) is 0 Å². The SMILES string of the molecule is Cc1nc(CN2CCC(C(=O)Nc3ccc(OCCN)cc3)CC2)cs1. The number of rotatable bonds is 7. The fourth-order valence-electron chi connectivity index (χ4n) is 3.12. The van der Waals surface area contributed by atoms with Crippen molar-refractivity contribution in [3.05, 3.63) is 40.3 Å². The van der Waals surface area contributed by atoms with Crippen molar-refractivity contribution < 1.29 is 9.53 Å². The number of aryl methyl sites for hydroxylation is 1. The zero-order valence-corrected chi connectivity index (χ0v) is 15.9. The molecule has 0 spiro atoms. The number of amides is 1. The van der Waals surface area contributed by atoms with Crippen molar-refractivity contribution in [1.29, 1.82) is 0 Å². The molecule has 3 N–H and O–H groups in total. The zero-order chi connectivity index (χ0) is 18.4. The molecule has 2 heterocycles. The Labute approximate surface area is 158 Å². The Kier molecular flexibility index (Phi) is 6.60. The van der Waals surface area contributed by atoms with Crippen LogP contribution in [0.25, 0.3) is 0 Å². The van der Waals surface area contributed by atoms with Gasteiger partial charge in [-0.2, -0.15) is 0 Å². The maximum Gasteiger partial charge on any atom is 0.227 e. The fraction of sp³-hybridized carbons (Fsp3) is 0.474. The van der Waals surface area contributed by atoms with Gasteiger partial charge in [-0.1, -0.05) is 0 Å². The summed E-state index contributed by atoms with van der Waals surface area (Å²) >= 11 is 1.69. The van der Waals surface area contributed by atoms with E-state index in [1.807, 2.05) is 31.2 Å². The first kappa shape index (κ1) is 18.8. The lowest BCUT2D eigenvalue weighted by atomic mass is 9.95. The quantitative estimate of drug-likeness (QED) is 0.779. The number of nitrogens with zero attached hydrogens (tertiary/aromatic N) is 2. The van der Waals surface area contributed by atoms with E-state index in [-0.39, 0.29) is 11.8 Å². The van der Waals surface area contributed by atoms with Crippen LogP contribution in [0.3, 0.4) is 0 Å². The lowest BCUT2D eigenvalue weighted by molar-refractivity contribution is -0.121. The third kappa shape index (κ3) is 5.27. The number of thiazole rings is 1. The molecular weight excluding hydrogens is 348 g/mol. The molecule has 140 valence electrons. The van der Waals surface area contributed by atoms with E-state index in [1.54, 1.807) is 11.3 Å². The number of anilines is 1. The average molecular weight is 375 g/mol. The van der Waals surface area contributed by atoms with Crippen LogP contribution in [0.4, 0.5) is 5.69 Å². The molecule has 1 amide bonds. The number of ether oxygens (including phenoxy) is 1. The predicted molar refractivity (Wildman–Crippen MR) is 104 cm³/mol. The second kappa shape index (κ2) is 9.12. The van der Waals surface area contributed by atoms with Crippen LogP contribution in [0.1, 0.15) is 23.5 Å². The van der Waals surface area contributed by atoms with Gasteiger partial charge in [-0.25, -0.2) is 4.98 Å². The Morgan fingerprint density at radius 1 is 1.35 bits per heavy atom. The fourth-order valence-corrected chi connectivity index (χ4v) is 3.72. The second-order valence-corrected chi connectivity index (χ2v) is 7.62. The van der Waals surface area contributed by atoms with E-state index in [0.29, 0.717) is 13.2 Å². The topological polar surface area (TPSA) is 80.5 Å². The highest BCUT2D eigenvalue weighted by Gasteiger charge is 2.25. The number of carbonyl (C=O) groups is 1. The highest BCUT2D eigenvalue weighted by Crippen LogP contribution is 2.22. The number of nitrogens with two attached hydrogens (primary N) is 1. The molecule has 3 rings (SSSR count). The molecular formula is C19H26N4O2S. The molecule has 0 radical (unpaired) electrons. The molecule has 0 unspecified atom stereocenters. The van der Waals surface area contributed by atoms with Crippen molar-refractivity contribution in [2.75, 3.05) is 31.6 Å². The summed E-state index contributed by atoms with van der Waals surface area (Å²) in [5.74, 6) is 0.931. The molecule has 1 saturated heterocycles. The number of hydrogen-bond donors (Lipinski definition) is 2. The summed E-state index contributed by atoms with van der Waals surface area (Å²) in [6.07, 6.45) is 1.76. The maximum atomic E-state index is 12.5. The van der Waals surface area contributed by atoms with Crippen molar-refractivity contribution in [3.8, 4) is 5.75 Å². The number of benzene rings is 1. The summed E-state index contributed by atoms with van der Waals surface area (Å²) in [7, 11) is 0. The Hall–Kier alpha value is -1.96. The van der Waals surface area contributed by atoms with Gasteiger partial charge in [0, 0.05) is 30.1 Å². The summed E-state index contributed by atoms with van der Waals surface area (Å²) < 4.78 is 5.45. The van der Waals surface area contributed by atoms with Crippen LogP contribution >= 0.6 is 11.3 Å². The van der Waals surface area contributed by atoms with E-state index in [1.165, 1.54) is 0 Å². The molecule has 1 aliphatic rings. The van der Waals surface area contributed by atoms with Gasteiger partial charge in [0.2, 0.25) is 5.91 Å². The number of likely N-dealkylation sites (tertiary alicyclic amines) is 1. The molecule has 0 bridgehead atoms. The molecule has 6 nitrogen and oxygen atoms in total. The Bertz CT molecular complexity index is 709. The van der Waals surface area contributed by atoms with Crippen molar-refractivity contribution in [2.24, 2.45) is 11.7 Å². The average Bonchev–Trinajstić information content (AvgIpc) is 3.06. The van der Waals surface area contributed by atoms with E-state index >= 15 is 0 Å². The first-order chi connectivity index (χ1) is 12.6. The molecule has 0 saturated carbocycles. The minimum Gasteiger partial charge on any atom is -0.492 e. The number of nitrogens with one attached hydrogen (secondary N) is 1. The molecule has 7 heteroatoms. The number of carbonyl (C=O) groups excluding carboxylic acids is 1. The van der Waals surface area contributed by atoms with Crippen LogP contribution in [-0.4, -0.2) is 42.0 Å². The summed E-state index contributed by atoms with van der Waals surface area (Å²) in [6.45, 7) is 5.75. The minimum atomic E-state index is 0.0663. The van der Waals surface area contributed by atoms with Crippen molar-refractivity contribution in [1.82, 2.24) is 9.88 Å². The lowest BCUT2D eigenvalue weighted by Gasteiger charge is -2.30. The lowest BCUT2D eigenvalue weighted by Crippen LogP contribution is -2.37. The summed E-state index contributed by atoms with van der Waals surface area (Å²) in [5.41, 5.74) is 7.35. The summed E-state index contributed by atoms with van der Waals surface area (Å²) in [4.78, 5) is 19.4. The first-order valence-electron chi connectivity index (χ1n) is 9.01. The standard InChI is InChI=1S/C19H26N4O2S/c1-14-21-17(13-26-14)12-23-9-6-15(7-10-23)19(24)22-16-2-4-18(5-3-16)25-11-8-20/h2-5,13,15H,6-12,20H2,1H3,(H,22,24). The Morgan fingerprint density at radius 3 is 2.69 bits per heavy atom. The molecule has 26 heavy (non-hydrogen) atoms. The van der Waals surface area contributed by atoms with E-state index < -0.39 is 0 Å². The highest BCUT2D eigenvalue weighted by atomic mass is 32.1. The van der Waals surface area contributed by atoms with E-state index in [4.69, 9.17) is 10.5 Å². The van der Waals surface area contributed by atoms with Gasteiger partial charge in [0.05, 0.1) is 10.7 Å². The first-order valence-corrected chi connectivity index (χ1v) is 9.89. The minimum absolute atomic E-state index is 0.0663. The van der Waals surface area contributed by atoms with Crippen molar-refractivity contribution >= 4 is 22.9 Å². The third-order valence-corrected chi connectivity index (χ3v) is 5.34. The van der Waals surface area contributed by atoms with Gasteiger partial charge in [0.1, 0.15) is 12.4 Å². The third-order valence-electron chi connectivity index (χ3n) is 4.52. The highest BCUT2D eigenvalue weighted by molar-refractivity contribution is 7.09. The number of aromatic nitrogens is 1. The van der Waals surface area contributed by atoms with Gasteiger partial charge in [-0.15, -0.1) is 11.3 Å². The Balaban J connectivity index is 1.44. The van der Waals surface area contributed by atoms with Gasteiger partial charge in [-0.05, 0) is 57.1 Å². The van der Waals surface area contributed by atoms with Crippen LogP contribution in [-0.2, 0) is 11.3 Å². The van der Waals surface area contributed by atoms with Crippen LogP contribution in [0, 0.1) is 12.8 Å². The molecule has 1 fully saturated rings. The monoisotopic (exact) mass is 374 g/mol. The number of piperidine rings is 1. The molecule has 1 aromatic heterocycles. The predicted octanol–water partition coefficient (Wildman–Crippen LogP) is 2.64. The van der Waals surface area contributed by atoms with Crippen LogP contribution in [0.15, 0.2) is 29.6 Å². The molecule has 0 aliphatic carbocycles. The van der Waals surface area contributed by atoms with Gasteiger partial charge in [0.25, 0.3) is 0 Å². The summed E-state index contributed by atoms with van der Waals surface area (Å²) in [5, 5.41) is 6.24. The van der Waals surface area contributed by atoms with Crippen molar-refractivity contribution in [2.45, 2.75) is 26.3 Å². The maximum absolute atomic E-state index is 12.5. The van der Waals surface area contributed by atoms with E-state index in [9.17, 15) is 4.79 Å². The normalized spacial score (nSPS) is 15.8. The Morgan fingerprint density at radius 2 is 2.08 bits per heavy atom. The van der Waals surface area contributed by atoms with Crippen LogP contribution < -0.4 is 15.8 Å². The largest absolute Gasteiger partial charge is 0.492 e. The van der Waals surface area contributed by atoms with Gasteiger partial charge in [0.15, 0.2) is 0 Å². The smallest absolute Gasteiger partial charge is 0.227 e. The molecule has 1 aliphatic heterocycles. The summed E-state index contributed by atoms with van der Waals surface area (Å²) in [6, 6.07) is 7.43. The van der Waals surface area contributed by atoms with E-state index in [0.717, 1.165) is 54.6 Å². The van der Waals surface area contributed by atoms with Gasteiger partial charge >= 0.3 is 0 Å². The van der Waals surface area contributed by atoms with Crippen molar-refractivity contribution in [3.63, 3.8) is 0 Å². The molecule has 2 aromatic rings. The van der Waals surface area contributed by atoms with E-state index in [2.05, 4.69) is 20.6 Å². The second-order valence-electron chi connectivity index (χ2n) is 6.56. The van der Waals surface area contributed by atoms with Gasteiger partial charge in [-0.3, -0.25) is 9.69 Å². The zero-order valence-electron chi connectivity index (χ0n) is 15.1. The number of hydrogen-bond acceptors (Lipinski definition) is 6. The van der Waals surface area contributed by atoms with Crippen LogP contribution in [0.5, 0.6) is 5.75 Å². The molecule has 1 aromatic carbocycles. The molecule has 0 atom stereocenters.